The van der Waals surface area contributed by atoms with Gasteiger partial charge in [-0.3, -0.25) is 14.9 Å². The monoisotopic (exact) mass is 306 g/mol. The summed E-state index contributed by atoms with van der Waals surface area (Å²) in [6.07, 6.45) is 2.57. The van der Waals surface area contributed by atoms with Gasteiger partial charge in [-0.25, -0.2) is 9.69 Å². The minimum absolute atomic E-state index is 0.320. The number of carbonyl (C=O) groups is 3. The summed E-state index contributed by atoms with van der Waals surface area (Å²) in [4.78, 5) is 38.2. The van der Waals surface area contributed by atoms with E-state index < -0.39 is 23.3 Å². The molecule has 1 saturated heterocycles. The van der Waals surface area contributed by atoms with Crippen LogP contribution < -0.4 is 10.2 Å². The molecule has 0 aromatic heterocycles. The second-order valence-corrected chi connectivity index (χ2v) is 6.00. The second kappa shape index (κ2) is 4.84. The molecule has 1 heterocycles. The number of hydrogen-bond acceptors (Lipinski definition) is 3. The number of anilines is 1. The number of carbonyl (C=O) groups excluding carboxylic acids is 3. The van der Waals surface area contributed by atoms with Crippen LogP contribution in [-0.4, -0.2) is 17.8 Å². The van der Waals surface area contributed by atoms with Crippen LogP contribution in [0.2, 0.25) is 5.02 Å². The smallest absolute Gasteiger partial charge is 0.276 e. The van der Waals surface area contributed by atoms with Gasteiger partial charge >= 0.3 is 6.03 Å². The number of urea groups is 1. The lowest BCUT2D eigenvalue weighted by Gasteiger charge is -2.37. The van der Waals surface area contributed by atoms with E-state index in [0.29, 0.717) is 29.1 Å². The number of rotatable bonds is 1. The Labute approximate surface area is 127 Å². The quantitative estimate of drug-likeness (QED) is 0.811. The van der Waals surface area contributed by atoms with E-state index in [0.717, 1.165) is 17.7 Å². The molecule has 1 aromatic rings. The summed E-state index contributed by atoms with van der Waals surface area (Å²) in [6.45, 7) is 1.78. The van der Waals surface area contributed by atoms with Gasteiger partial charge in [0, 0.05) is 0 Å². The summed E-state index contributed by atoms with van der Waals surface area (Å²) >= 11 is 6.17. The molecule has 21 heavy (non-hydrogen) atoms. The number of aryl methyl sites for hydroxylation is 1. The topological polar surface area (TPSA) is 66.5 Å². The second-order valence-electron chi connectivity index (χ2n) is 5.59. The molecule has 4 amide bonds. The maximum Gasteiger partial charge on any atom is 0.335 e. The van der Waals surface area contributed by atoms with Crippen LogP contribution in [0, 0.1) is 12.3 Å². The fourth-order valence-electron chi connectivity index (χ4n) is 3.20. The van der Waals surface area contributed by atoms with E-state index in [1.807, 2.05) is 0 Å². The first-order chi connectivity index (χ1) is 9.97. The molecule has 6 heteroatoms. The number of amides is 4. The zero-order chi connectivity index (χ0) is 15.2. The Hall–Kier alpha value is -1.88. The summed E-state index contributed by atoms with van der Waals surface area (Å²) in [5, 5.41) is 2.63. The van der Waals surface area contributed by atoms with Crippen molar-refractivity contribution in [3.05, 3.63) is 28.8 Å². The molecule has 3 rings (SSSR count). The van der Waals surface area contributed by atoms with Gasteiger partial charge < -0.3 is 0 Å². The van der Waals surface area contributed by atoms with Gasteiger partial charge in [-0.15, -0.1) is 0 Å². The Morgan fingerprint density at radius 1 is 1.19 bits per heavy atom. The lowest BCUT2D eigenvalue weighted by Crippen LogP contribution is -2.63. The van der Waals surface area contributed by atoms with E-state index in [1.54, 1.807) is 25.1 Å². The van der Waals surface area contributed by atoms with Crippen LogP contribution in [0.4, 0.5) is 10.5 Å². The third-order valence-electron chi connectivity index (χ3n) is 4.34. The fourth-order valence-corrected chi connectivity index (χ4v) is 3.51. The van der Waals surface area contributed by atoms with Crippen molar-refractivity contribution in [2.75, 3.05) is 4.90 Å². The van der Waals surface area contributed by atoms with Crippen LogP contribution in [0.15, 0.2) is 18.2 Å². The molecule has 0 atom stereocenters. The van der Waals surface area contributed by atoms with E-state index in [4.69, 9.17) is 11.6 Å². The van der Waals surface area contributed by atoms with Crippen molar-refractivity contribution in [1.82, 2.24) is 5.32 Å². The van der Waals surface area contributed by atoms with Gasteiger partial charge in [0.1, 0.15) is 5.41 Å². The summed E-state index contributed by atoms with van der Waals surface area (Å²) < 4.78 is 0. The highest BCUT2D eigenvalue weighted by Crippen LogP contribution is 2.44. The first kappa shape index (κ1) is 14.1. The lowest BCUT2D eigenvalue weighted by molar-refractivity contribution is -0.142. The van der Waals surface area contributed by atoms with Crippen LogP contribution in [0.3, 0.4) is 0 Å². The summed E-state index contributed by atoms with van der Waals surface area (Å²) in [5.74, 6) is -0.930. The highest BCUT2D eigenvalue weighted by molar-refractivity contribution is 6.37. The van der Waals surface area contributed by atoms with Crippen LogP contribution >= 0.6 is 11.6 Å². The molecule has 110 valence electrons. The zero-order valence-corrected chi connectivity index (χ0v) is 12.4. The maximum atomic E-state index is 12.9. The molecule has 0 bridgehead atoms. The van der Waals surface area contributed by atoms with Crippen molar-refractivity contribution in [2.45, 2.75) is 32.6 Å². The zero-order valence-electron chi connectivity index (χ0n) is 11.6. The first-order valence-corrected chi connectivity index (χ1v) is 7.30. The van der Waals surface area contributed by atoms with Crippen molar-refractivity contribution in [3.63, 3.8) is 0 Å². The Balaban J connectivity index is 2.11. The highest BCUT2D eigenvalue weighted by atomic mass is 35.5. The lowest BCUT2D eigenvalue weighted by atomic mass is 9.82. The van der Waals surface area contributed by atoms with Crippen LogP contribution in [-0.2, 0) is 9.59 Å². The molecule has 5 nitrogen and oxygen atoms in total. The summed E-state index contributed by atoms with van der Waals surface area (Å²) in [5.41, 5.74) is -0.0339. The van der Waals surface area contributed by atoms with Crippen molar-refractivity contribution in [3.8, 4) is 0 Å². The van der Waals surface area contributed by atoms with E-state index >= 15 is 0 Å². The summed E-state index contributed by atoms with van der Waals surface area (Å²) in [7, 11) is 0. The summed E-state index contributed by atoms with van der Waals surface area (Å²) in [6, 6.07) is 4.44. The molecule has 1 aliphatic heterocycles. The van der Waals surface area contributed by atoms with Crippen molar-refractivity contribution in [2.24, 2.45) is 5.41 Å². The van der Waals surface area contributed by atoms with Crippen LogP contribution in [0.5, 0.6) is 0 Å². The molecule has 2 fully saturated rings. The molecule has 2 aliphatic rings. The number of nitrogens with one attached hydrogen (secondary N) is 1. The molecule has 1 spiro atoms. The SMILES string of the molecule is Cc1cccc(Cl)c1N1C(=O)NC(=O)C2(CCCC2)C1=O. The molecule has 1 saturated carbocycles. The normalized spacial score (nSPS) is 21.0. The number of imide groups is 2. The number of benzene rings is 1. The van der Waals surface area contributed by atoms with Gasteiger partial charge in [-0.2, -0.15) is 0 Å². The van der Waals surface area contributed by atoms with E-state index in [2.05, 4.69) is 5.32 Å². The maximum absolute atomic E-state index is 12.9. The van der Waals surface area contributed by atoms with Gasteiger partial charge in [-0.05, 0) is 31.4 Å². The minimum atomic E-state index is -1.11. The molecule has 1 N–H and O–H groups in total. The Morgan fingerprint density at radius 3 is 2.48 bits per heavy atom. The Kier molecular flexibility index (Phi) is 3.24. The number of barbiturate groups is 1. The number of para-hydroxylation sites is 1. The largest absolute Gasteiger partial charge is 0.335 e. The minimum Gasteiger partial charge on any atom is -0.276 e. The van der Waals surface area contributed by atoms with Gasteiger partial charge in [0.2, 0.25) is 5.91 Å². The standard InChI is InChI=1S/C15H15ClN2O3/c1-9-5-4-6-10(16)11(9)18-13(20)15(7-2-3-8-15)12(19)17-14(18)21/h4-6H,2-3,7-8H2,1H3,(H,17,19,21). The Morgan fingerprint density at radius 2 is 1.86 bits per heavy atom. The molecular weight excluding hydrogens is 292 g/mol. The van der Waals surface area contributed by atoms with Gasteiger partial charge in [0.25, 0.3) is 5.91 Å². The first-order valence-electron chi connectivity index (χ1n) is 6.92. The van der Waals surface area contributed by atoms with Crippen LogP contribution in [0.25, 0.3) is 0 Å². The van der Waals surface area contributed by atoms with Gasteiger partial charge in [-0.1, -0.05) is 36.6 Å². The predicted octanol–water partition coefficient (Wildman–Crippen LogP) is 2.79. The van der Waals surface area contributed by atoms with E-state index in [1.165, 1.54) is 0 Å². The molecular formula is C15H15ClN2O3. The van der Waals surface area contributed by atoms with Crippen molar-refractivity contribution >= 4 is 35.1 Å². The number of nitrogens with zero attached hydrogens (tertiary/aromatic N) is 1. The fraction of sp³-hybridized carbons (Fsp3) is 0.400. The van der Waals surface area contributed by atoms with Gasteiger partial charge in [0.05, 0.1) is 10.7 Å². The van der Waals surface area contributed by atoms with E-state index in [9.17, 15) is 14.4 Å². The van der Waals surface area contributed by atoms with Crippen molar-refractivity contribution < 1.29 is 14.4 Å². The van der Waals surface area contributed by atoms with E-state index in [-0.39, 0.29) is 0 Å². The van der Waals surface area contributed by atoms with Crippen molar-refractivity contribution in [1.29, 1.82) is 0 Å². The third-order valence-corrected chi connectivity index (χ3v) is 4.64. The molecule has 0 radical (unpaired) electrons. The average molecular weight is 307 g/mol. The predicted molar refractivity (Wildman–Crippen MR) is 78.1 cm³/mol. The average Bonchev–Trinajstić information content (AvgIpc) is 2.91. The molecule has 1 aliphatic carbocycles. The molecule has 1 aromatic carbocycles. The number of hydrogen-bond donors (Lipinski definition) is 1. The highest BCUT2D eigenvalue weighted by Gasteiger charge is 2.55. The van der Waals surface area contributed by atoms with Crippen LogP contribution in [0.1, 0.15) is 31.2 Å². The molecule has 0 unspecified atom stereocenters. The van der Waals surface area contributed by atoms with Gasteiger partial charge in [0.15, 0.2) is 0 Å². The number of halogens is 1. The Bertz CT molecular complexity index is 630. The third kappa shape index (κ3) is 1.95.